The van der Waals surface area contributed by atoms with Crippen LogP contribution in [-0.2, 0) is 10.0 Å². The van der Waals surface area contributed by atoms with E-state index in [1.54, 1.807) is 17.5 Å². The molecule has 0 saturated carbocycles. The van der Waals surface area contributed by atoms with Crippen LogP contribution < -0.4 is 4.74 Å². The molecule has 1 heterocycles. The van der Waals surface area contributed by atoms with Gasteiger partial charge in [0.2, 0.25) is 10.0 Å². The number of aryl methyl sites for hydroxylation is 2. The molecule has 1 saturated heterocycles. The molecule has 1 aromatic rings. The largest absolute Gasteiger partial charge is 0.496 e. The molecule has 0 bridgehead atoms. The molecule has 0 aromatic heterocycles. The first-order valence-corrected chi connectivity index (χ1v) is 8.85. The fourth-order valence-electron chi connectivity index (χ4n) is 3.25. The summed E-state index contributed by atoms with van der Waals surface area (Å²) < 4.78 is 32.8. The number of sulfonamides is 1. The number of methoxy groups -OCH3 is 1. The van der Waals surface area contributed by atoms with Gasteiger partial charge in [-0.1, -0.05) is 19.9 Å². The quantitative estimate of drug-likeness (QED) is 0.862. The molecule has 1 aliphatic rings. The number of rotatable bonds is 3. The van der Waals surface area contributed by atoms with Crippen molar-refractivity contribution < 1.29 is 13.2 Å². The van der Waals surface area contributed by atoms with E-state index in [2.05, 4.69) is 13.8 Å². The summed E-state index contributed by atoms with van der Waals surface area (Å²) in [7, 11) is -1.89. The summed E-state index contributed by atoms with van der Waals surface area (Å²) in [5, 5.41) is 0. The molecule has 0 unspecified atom stereocenters. The normalized spacial score (nSPS) is 24.0. The standard InChI is InChI=1S/C16H25NO3S/c1-11-6-12(2)10-17(9-11)21(18,19)16-8-15(20-5)13(3)7-14(16)4/h7-8,11-12H,6,9-10H2,1-5H3/t11-,12-/m0/s1. The maximum absolute atomic E-state index is 12.9. The Bertz CT molecular complexity index is 615. The van der Waals surface area contributed by atoms with Gasteiger partial charge in [0, 0.05) is 19.2 Å². The van der Waals surface area contributed by atoms with Gasteiger partial charge in [-0.3, -0.25) is 0 Å². The Morgan fingerprint density at radius 2 is 1.67 bits per heavy atom. The molecular weight excluding hydrogens is 286 g/mol. The van der Waals surface area contributed by atoms with Crippen molar-refractivity contribution in [2.45, 2.75) is 39.0 Å². The number of hydrogen-bond donors (Lipinski definition) is 0. The smallest absolute Gasteiger partial charge is 0.243 e. The van der Waals surface area contributed by atoms with Crippen LogP contribution in [0.3, 0.4) is 0 Å². The highest BCUT2D eigenvalue weighted by Crippen LogP contribution is 2.31. The molecule has 0 N–H and O–H groups in total. The summed E-state index contributed by atoms with van der Waals surface area (Å²) in [6.45, 7) is 9.19. The second-order valence-electron chi connectivity index (χ2n) is 6.36. The first kappa shape index (κ1) is 16.3. The average molecular weight is 311 g/mol. The number of benzene rings is 1. The molecule has 1 aliphatic heterocycles. The Morgan fingerprint density at radius 3 is 2.19 bits per heavy atom. The topological polar surface area (TPSA) is 46.6 Å². The molecule has 1 fully saturated rings. The van der Waals surface area contributed by atoms with Crippen molar-refractivity contribution in [1.29, 1.82) is 0 Å². The summed E-state index contributed by atoms with van der Waals surface area (Å²) in [6.07, 6.45) is 1.09. The highest BCUT2D eigenvalue weighted by Gasteiger charge is 2.32. The molecule has 5 heteroatoms. The van der Waals surface area contributed by atoms with Crippen LogP contribution >= 0.6 is 0 Å². The first-order valence-electron chi connectivity index (χ1n) is 7.41. The lowest BCUT2D eigenvalue weighted by Gasteiger charge is -2.34. The van der Waals surface area contributed by atoms with Crippen molar-refractivity contribution in [3.63, 3.8) is 0 Å². The molecule has 0 aliphatic carbocycles. The molecule has 0 radical (unpaired) electrons. The minimum atomic E-state index is -3.45. The van der Waals surface area contributed by atoms with Crippen LogP contribution in [0.4, 0.5) is 0 Å². The van der Waals surface area contributed by atoms with Crippen molar-refractivity contribution in [2.75, 3.05) is 20.2 Å². The van der Waals surface area contributed by atoms with Crippen molar-refractivity contribution in [3.8, 4) is 5.75 Å². The highest BCUT2D eigenvalue weighted by molar-refractivity contribution is 7.89. The van der Waals surface area contributed by atoms with Crippen LogP contribution in [0.25, 0.3) is 0 Å². The third-order valence-electron chi connectivity index (χ3n) is 4.15. The van der Waals surface area contributed by atoms with Crippen LogP contribution in [0.15, 0.2) is 17.0 Å². The molecule has 2 atom stereocenters. The molecule has 21 heavy (non-hydrogen) atoms. The van der Waals surface area contributed by atoms with Gasteiger partial charge in [0.25, 0.3) is 0 Å². The summed E-state index contributed by atoms with van der Waals surface area (Å²) in [5.74, 6) is 1.42. The van der Waals surface area contributed by atoms with Crippen LogP contribution in [-0.4, -0.2) is 32.9 Å². The summed E-state index contributed by atoms with van der Waals surface area (Å²) in [4.78, 5) is 0.367. The molecule has 1 aromatic carbocycles. The van der Waals surface area contributed by atoms with Crippen molar-refractivity contribution in [2.24, 2.45) is 11.8 Å². The fourth-order valence-corrected chi connectivity index (χ4v) is 5.15. The van der Waals surface area contributed by atoms with Crippen molar-refractivity contribution in [3.05, 3.63) is 23.3 Å². The lowest BCUT2D eigenvalue weighted by Crippen LogP contribution is -2.42. The van der Waals surface area contributed by atoms with E-state index in [0.29, 0.717) is 35.6 Å². The molecule has 0 amide bonds. The van der Waals surface area contributed by atoms with Gasteiger partial charge in [-0.15, -0.1) is 0 Å². The summed E-state index contributed by atoms with van der Waals surface area (Å²) >= 11 is 0. The zero-order valence-electron chi connectivity index (χ0n) is 13.5. The van der Waals surface area contributed by atoms with Crippen LogP contribution in [0.1, 0.15) is 31.4 Å². The lowest BCUT2D eigenvalue weighted by atomic mass is 9.94. The zero-order valence-corrected chi connectivity index (χ0v) is 14.3. The highest BCUT2D eigenvalue weighted by atomic mass is 32.2. The van der Waals surface area contributed by atoms with Gasteiger partial charge in [-0.2, -0.15) is 4.31 Å². The van der Waals surface area contributed by atoms with Gasteiger partial charge >= 0.3 is 0 Å². The maximum atomic E-state index is 12.9. The average Bonchev–Trinajstić information content (AvgIpc) is 2.37. The third kappa shape index (κ3) is 3.24. The van der Waals surface area contributed by atoms with Gasteiger partial charge < -0.3 is 4.74 Å². The Labute approximate surface area is 128 Å². The number of piperidine rings is 1. The monoisotopic (exact) mass is 311 g/mol. The molecule has 4 nitrogen and oxygen atoms in total. The number of ether oxygens (including phenoxy) is 1. The molecule has 2 rings (SSSR count). The van der Waals surface area contributed by atoms with E-state index < -0.39 is 10.0 Å². The van der Waals surface area contributed by atoms with E-state index in [-0.39, 0.29) is 0 Å². The molecule has 0 spiro atoms. The predicted octanol–water partition coefficient (Wildman–Crippen LogP) is 2.98. The van der Waals surface area contributed by atoms with Gasteiger partial charge in [0.1, 0.15) is 5.75 Å². The predicted molar refractivity (Wildman–Crippen MR) is 84.2 cm³/mol. The fraction of sp³-hybridized carbons (Fsp3) is 0.625. The van der Waals surface area contributed by atoms with Gasteiger partial charge in [-0.25, -0.2) is 8.42 Å². The summed E-state index contributed by atoms with van der Waals surface area (Å²) in [6, 6.07) is 3.53. The number of nitrogens with zero attached hydrogens (tertiary/aromatic N) is 1. The second-order valence-corrected chi connectivity index (χ2v) is 8.26. The minimum Gasteiger partial charge on any atom is -0.496 e. The Kier molecular flexibility index (Phi) is 4.63. The first-order chi connectivity index (χ1) is 9.75. The van der Waals surface area contributed by atoms with E-state index in [4.69, 9.17) is 4.74 Å². The number of hydrogen-bond acceptors (Lipinski definition) is 3. The van der Waals surface area contributed by atoms with Gasteiger partial charge in [0.15, 0.2) is 0 Å². The van der Waals surface area contributed by atoms with Crippen molar-refractivity contribution >= 4 is 10.0 Å². The van der Waals surface area contributed by atoms with Crippen LogP contribution in [0.5, 0.6) is 5.75 Å². The van der Waals surface area contributed by atoms with E-state index in [9.17, 15) is 8.42 Å². The third-order valence-corrected chi connectivity index (χ3v) is 6.12. The lowest BCUT2D eigenvalue weighted by molar-refractivity contribution is 0.222. The SMILES string of the molecule is COc1cc(S(=O)(=O)N2C[C@@H](C)C[C@H](C)C2)c(C)cc1C. The Hall–Kier alpha value is -1.07. The Balaban J connectivity index is 2.44. The minimum absolute atomic E-state index is 0.367. The van der Waals surface area contributed by atoms with E-state index in [1.807, 2.05) is 19.9 Å². The van der Waals surface area contributed by atoms with E-state index in [1.165, 1.54) is 0 Å². The molecule has 118 valence electrons. The van der Waals surface area contributed by atoms with Crippen LogP contribution in [0.2, 0.25) is 0 Å². The maximum Gasteiger partial charge on any atom is 0.243 e. The Morgan fingerprint density at radius 1 is 1.10 bits per heavy atom. The summed E-state index contributed by atoms with van der Waals surface area (Å²) in [5.41, 5.74) is 1.73. The van der Waals surface area contributed by atoms with Gasteiger partial charge in [0.05, 0.1) is 12.0 Å². The van der Waals surface area contributed by atoms with Gasteiger partial charge in [-0.05, 0) is 43.2 Å². The second kappa shape index (κ2) is 5.97. The van der Waals surface area contributed by atoms with Crippen molar-refractivity contribution in [1.82, 2.24) is 4.31 Å². The van der Waals surface area contributed by atoms with E-state index in [0.717, 1.165) is 17.5 Å². The zero-order chi connectivity index (χ0) is 15.8. The van der Waals surface area contributed by atoms with E-state index >= 15 is 0 Å². The molecular formula is C16H25NO3S. The van der Waals surface area contributed by atoms with Crippen LogP contribution in [0, 0.1) is 25.7 Å².